The SMILES string of the molecule is CC1CCCN(C(N)=NCC(C)(C)c2ccc3c(c2)OCCO3)C1.I. The number of benzene rings is 1. The monoisotopic (exact) mass is 459 g/mol. The van der Waals surface area contributed by atoms with Gasteiger partial charge >= 0.3 is 0 Å². The number of fused-ring (bicyclic) bond motifs is 1. The molecule has 1 aromatic carbocycles. The molecule has 2 aliphatic rings. The van der Waals surface area contributed by atoms with Gasteiger partial charge in [0.2, 0.25) is 0 Å². The Balaban J connectivity index is 0.00000225. The zero-order valence-electron chi connectivity index (χ0n) is 15.5. The number of aliphatic imine (C=N–C) groups is 1. The highest BCUT2D eigenvalue weighted by Crippen LogP contribution is 2.35. The molecule has 1 atom stereocenters. The summed E-state index contributed by atoms with van der Waals surface area (Å²) in [5, 5.41) is 0. The molecule has 5 nitrogen and oxygen atoms in total. The number of ether oxygens (including phenoxy) is 2. The van der Waals surface area contributed by atoms with Crippen LogP contribution >= 0.6 is 24.0 Å². The maximum absolute atomic E-state index is 6.24. The zero-order valence-corrected chi connectivity index (χ0v) is 17.8. The lowest BCUT2D eigenvalue weighted by Gasteiger charge is -2.32. The highest BCUT2D eigenvalue weighted by atomic mass is 127. The van der Waals surface area contributed by atoms with Crippen molar-refractivity contribution >= 4 is 29.9 Å². The summed E-state index contributed by atoms with van der Waals surface area (Å²) in [6.07, 6.45) is 2.48. The Bertz CT molecular complexity index is 619. The van der Waals surface area contributed by atoms with Crippen LogP contribution in [0.3, 0.4) is 0 Å². The van der Waals surface area contributed by atoms with Crippen LogP contribution in [0.2, 0.25) is 0 Å². The normalized spacial score (nSPS) is 20.8. The van der Waals surface area contributed by atoms with E-state index in [0.717, 1.165) is 24.6 Å². The van der Waals surface area contributed by atoms with E-state index in [-0.39, 0.29) is 29.4 Å². The molecule has 0 aromatic heterocycles. The van der Waals surface area contributed by atoms with Crippen LogP contribution in [-0.2, 0) is 5.41 Å². The molecule has 2 heterocycles. The predicted molar refractivity (Wildman–Crippen MR) is 112 cm³/mol. The van der Waals surface area contributed by atoms with E-state index in [9.17, 15) is 0 Å². The third-order valence-electron chi connectivity index (χ3n) is 4.94. The molecule has 1 aromatic rings. The van der Waals surface area contributed by atoms with Crippen molar-refractivity contribution in [2.75, 3.05) is 32.8 Å². The molecule has 0 bridgehead atoms. The topological polar surface area (TPSA) is 60.1 Å². The van der Waals surface area contributed by atoms with Gasteiger partial charge < -0.3 is 20.1 Å². The minimum absolute atomic E-state index is 0. The van der Waals surface area contributed by atoms with Crippen LogP contribution < -0.4 is 15.2 Å². The summed E-state index contributed by atoms with van der Waals surface area (Å²) in [6.45, 7) is 10.6. The van der Waals surface area contributed by atoms with Crippen LogP contribution in [0.15, 0.2) is 23.2 Å². The molecule has 0 aliphatic carbocycles. The molecule has 6 heteroatoms. The molecule has 140 valence electrons. The van der Waals surface area contributed by atoms with E-state index >= 15 is 0 Å². The number of likely N-dealkylation sites (tertiary alicyclic amines) is 1. The Kier molecular flexibility index (Phi) is 6.82. The van der Waals surface area contributed by atoms with Crippen LogP contribution in [-0.4, -0.2) is 43.7 Å². The lowest BCUT2D eigenvalue weighted by atomic mass is 9.84. The van der Waals surface area contributed by atoms with Crippen molar-refractivity contribution in [3.05, 3.63) is 23.8 Å². The largest absolute Gasteiger partial charge is 0.486 e. The number of nitrogens with zero attached hydrogens (tertiary/aromatic N) is 2. The molecular weight excluding hydrogens is 429 g/mol. The first kappa shape index (κ1) is 20.1. The van der Waals surface area contributed by atoms with Gasteiger partial charge in [0, 0.05) is 18.5 Å². The molecule has 1 fully saturated rings. The summed E-state index contributed by atoms with van der Waals surface area (Å²) in [6, 6.07) is 6.16. The molecule has 3 rings (SSSR count). The number of guanidine groups is 1. The van der Waals surface area contributed by atoms with Gasteiger partial charge in [-0.05, 0) is 36.5 Å². The minimum atomic E-state index is -0.109. The molecule has 2 N–H and O–H groups in total. The molecule has 1 saturated heterocycles. The van der Waals surface area contributed by atoms with Gasteiger partial charge in [-0.2, -0.15) is 0 Å². The third kappa shape index (κ3) is 4.92. The van der Waals surface area contributed by atoms with Crippen molar-refractivity contribution < 1.29 is 9.47 Å². The van der Waals surface area contributed by atoms with Gasteiger partial charge in [-0.15, -0.1) is 24.0 Å². The van der Waals surface area contributed by atoms with Crippen molar-refractivity contribution in [2.45, 2.75) is 39.0 Å². The van der Waals surface area contributed by atoms with E-state index in [4.69, 9.17) is 20.2 Å². The minimum Gasteiger partial charge on any atom is -0.486 e. The average Bonchev–Trinajstić information content (AvgIpc) is 2.59. The highest BCUT2D eigenvalue weighted by Gasteiger charge is 2.24. The van der Waals surface area contributed by atoms with Crippen LogP contribution in [0.5, 0.6) is 11.5 Å². The first-order valence-electron chi connectivity index (χ1n) is 8.91. The van der Waals surface area contributed by atoms with E-state index in [1.54, 1.807) is 0 Å². The van der Waals surface area contributed by atoms with Crippen LogP contribution in [0.25, 0.3) is 0 Å². The van der Waals surface area contributed by atoms with Crippen molar-refractivity contribution in [1.29, 1.82) is 0 Å². The van der Waals surface area contributed by atoms with Crippen LogP contribution in [0.4, 0.5) is 0 Å². The molecule has 1 unspecified atom stereocenters. The molecule has 2 aliphatic heterocycles. The van der Waals surface area contributed by atoms with E-state index in [2.05, 4.69) is 37.8 Å². The maximum Gasteiger partial charge on any atom is 0.191 e. The van der Waals surface area contributed by atoms with E-state index < -0.39 is 0 Å². The van der Waals surface area contributed by atoms with Gasteiger partial charge in [-0.3, -0.25) is 4.99 Å². The Morgan fingerprint density at radius 1 is 1.28 bits per heavy atom. The number of halogens is 1. The molecule has 0 spiro atoms. The summed E-state index contributed by atoms with van der Waals surface area (Å²) in [7, 11) is 0. The number of nitrogens with two attached hydrogens (primary N) is 1. The zero-order chi connectivity index (χ0) is 17.2. The Morgan fingerprint density at radius 3 is 2.72 bits per heavy atom. The van der Waals surface area contributed by atoms with E-state index in [1.807, 2.05) is 6.07 Å². The molecule has 0 amide bonds. The van der Waals surface area contributed by atoms with Gasteiger partial charge in [-0.25, -0.2) is 0 Å². The highest BCUT2D eigenvalue weighted by molar-refractivity contribution is 14.0. The predicted octanol–water partition coefficient (Wildman–Crippen LogP) is 3.40. The van der Waals surface area contributed by atoms with Gasteiger partial charge in [0.25, 0.3) is 0 Å². The summed E-state index contributed by atoms with van der Waals surface area (Å²) >= 11 is 0. The third-order valence-corrected chi connectivity index (χ3v) is 4.94. The van der Waals surface area contributed by atoms with Gasteiger partial charge in [0.05, 0.1) is 6.54 Å². The Hall–Kier alpha value is -1.18. The van der Waals surface area contributed by atoms with Crippen LogP contribution in [0.1, 0.15) is 39.2 Å². The van der Waals surface area contributed by atoms with Gasteiger partial charge in [0.1, 0.15) is 13.2 Å². The van der Waals surface area contributed by atoms with Gasteiger partial charge in [0.15, 0.2) is 17.5 Å². The van der Waals surface area contributed by atoms with Gasteiger partial charge in [-0.1, -0.05) is 26.8 Å². The summed E-state index contributed by atoms with van der Waals surface area (Å²) in [5.41, 5.74) is 7.32. The lowest BCUT2D eigenvalue weighted by molar-refractivity contribution is 0.171. The van der Waals surface area contributed by atoms with Crippen LogP contribution in [0, 0.1) is 5.92 Å². The first-order chi connectivity index (χ1) is 11.5. The van der Waals surface area contributed by atoms with Crippen molar-refractivity contribution in [1.82, 2.24) is 4.90 Å². The molecular formula is C19H30IN3O2. The number of hydrogen-bond donors (Lipinski definition) is 1. The Morgan fingerprint density at radius 2 is 2.00 bits per heavy atom. The standard InChI is InChI=1S/C19H29N3O2.HI/c1-14-5-4-8-22(12-14)18(20)21-13-19(2,3)15-6-7-16-17(11-15)24-10-9-23-16;/h6-7,11,14H,4-5,8-10,12-13H2,1-3H3,(H2,20,21);1H. The first-order valence-corrected chi connectivity index (χ1v) is 8.91. The second kappa shape index (κ2) is 8.47. The van der Waals surface area contributed by atoms with Crippen molar-refractivity contribution in [3.8, 4) is 11.5 Å². The Labute approximate surface area is 168 Å². The summed E-state index contributed by atoms with van der Waals surface area (Å²) in [5.74, 6) is 3.02. The lowest BCUT2D eigenvalue weighted by Crippen LogP contribution is -2.44. The van der Waals surface area contributed by atoms with E-state index in [0.29, 0.717) is 31.6 Å². The fraction of sp³-hybridized carbons (Fsp3) is 0.632. The second-order valence-corrected chi connectivity index (χ2v) is 7.61. The summed E-state index contributed by atoms with van der Waals surface area (Å²) < 4.78 is 11.3. The number of piperidine rings is 1. The molecule has 0 radical (unpaired) electrons. The molecule has 25 heavy (non-hydrogen) atoms. The average molecular weight is 459 g/mol. The quantitative estimate of drug-likeness (QED) is 0.428. The molecule has 0 saturated carbocycles. The smallest absolute Gasteiger partial charge is 0.191 e. The second-order valence-electron chi connectivity index (χ2n) is 7.61. The summed E-state index contributed by atoms with van der Waals surface area (Å²) in [4.78, 5) is 6.91. The fourth-order valence-corrected chi connectivity index (χ4v) is 3.33. The van der Waals surface area contributed by atoms with Crippen molar-refractivity contribution in [3.63, 3.8) is 0 Å². The fourth-order valence-electron chi connectivity index (χ4n) is 3.33. The number of hydrogen-bond acceptors (Lipinski definition) is 3. The van der Waals surface area contributed by atoms with E-state index in [1.165, 1.54) is 18.4 Å². The van der Waals surface area contributed by atoms with Crippen molar-refractivity contribution in [2.24, 2.45) is 16.6 Å². The number of rotatable bonds is 3. The maximum atomic E-state index is 6.24.